The number of carbonyl (C=O) groups excluding carboxylic acids is 2. The molecule has 73 heavy (non-hydrogen) atoms. The van der Waals surface area contributed by atoms with Crippen molar-refractivity contribution in [2.24, 2.45) is 5.73 Å². The summed E-state index contributed by atoms with van der Waals surface area (Å²) in [5, 5.41) is 9.36. The molecule has 2 aliphatic heterocycles. The van der Waals surface area contributed by atoms with Gasteiger partial charge in [0.2, 0.25) is 0 Å². The van der Waals surface area contributed by atoms with Crippen molar-refractivity contribution < 1.29 is 110 Å². The zero-order chi connectivity index (χ0) is 44.6. The predicted octanol–water partition coefficient (Wildman–Crippen LogP) is 14.5. The van der Waals surface area contributed by atoms with Crippen molar-refractivity contribution in [1.29, 1.82) is 0 Å². The van der Waals surface area contributed by atoms with E-state index >= 15 is 0 Å². The molecule has 2 fully saturated rings. The van der Waals surface area contributed by atoms with Crippen LogP contribution in [0.5, 0.6) is 5.75 Å². The molecule has 0 aromatic carbocycles. The Kier molecular flexibility index (Phi) is 91.6. The fourth-order valence-corrected chi connectivity index (χ4v) is 5.27. The van der Waals surface area contributed by atoms with Gasteiger partial charge in [-0.15, -0.1) is 36.4 Å². The van der Waals surface area contributed by atoms with Crippen molar-refractivity contribution in [1.82, 2.24) is 40.2 Å². The molecule has 2 saturated heterocycles. The number of nitrogens with one attached hydrogen (secondary N) is 3. The first kappa shape index (κ1) is 104. The first-order valence-corrected chi connectivity index (χ1v) is 23.3. The van der Waals surface area contributed by atoms with Gasteiger partial charge in [0.25, 0.3) is 5.97 Å². The Balaban J connectivity index is -0.0000000484. The van der Waals surface area contributed by atoms with Gasteiger partial charge in [0.15, 0.2) is 0 Å². The second-order valence-corrected chi connectivity index (χ2v) is 19.4. The van der Waals surface area contributed by atoms with Crippen LogP contribution in [0.25, 0.3) is 0 Å². The maximum atomic E-state index is 10.2. The summed E-state index contributed by atoms with van der Waals surface area (Å²) in [6, 6.07) is 10.2. The Labute approximate surface area is 521 Å². The minimum Gasteiger partial charge on any atom is -0.566 e. The molecule has 15 nitrogen and oxygen atoms in total. The number of anilines is 1. The number of aromatic hydroxyl groups is 1. The van der Waals surface area contributed by atoms with E-state index < -0.39 is 11.2 Å². The molecule has 0 spiro atoms. The van der Waals surface area contributed by atoms with Crippen molar-refractivity contribution in [3.8, 4) is 5.75 Å². The molecule has 2 aliphatic rings. The molecule has 6 N–H and O–H groups in total. The number of carbonyl (C=O) groups is 1. The molecule has 0 atom stereocenters. The van der Waals surface area contributed by atoms with Crippen molar-refractivity contribution >= 4 is 68.5 Å². The Bertz CT molecular complexity index is 1880. The molecule has 24 heteroatoms. The molecule has 0 unspecified atom stereocenters. The zero-order valence-corrected chi connectivity index (χ0v) is 50.9. The number of aromatic nitrogens is 7. The maximum Gasteiger partial charge on any atom is 0.339 e. The van der Waals surface area contributed by atoms with Crippen LogP contribution < -0.4 is 16.0 Å². The fourth-order valence-electron chi connectivity index (χ4n) is 5.17. The third kappa shape index (κ3) is 56.3. The van der Waals surface area contributed by atoms with Crippen LogP contribution in [-0.2, 0) is 103 Å². The van der Waals surface area contributed by atoms with E-state index in [9.17, 15) is 14.2 Å². The number of H-pyrrole nitrogens is 2. The van der Waals surface area contributed by atoms with Gasteiger partial charge in [-0.2, -0.15) is 11.6 Å². The SMILES string of the molecule is C.C.C.C.C.C.C.C.C.C=CN.CCOC(=O)C[C-]=O.Cc1cnc(C2CCN(c3c[c-]ncc3)CC2)[nH]1.Cc1cnc(C2CCNCC2)[nH]1.Clc1c[c-]ncc1.O=P(Cl)(Cl)Cl.Oc1c[c-]ncc1.[2HH].[W].[W].[W].[W]. The Hall–Kier alpha value is -1.75. The standard InChI is InChI=1S/C14H17N4.C9H15N3.C5H3ClN.C5H4NO.C5H7O3.C2H5N.9CH4.Cl3OP.4W.H2/c1-11-10-16-14(17-11)12-4-8-18(9-5-12)13-2-6-15-7-3-13;1-7-6-11-9(12-7)8-2-4-10-5-3-8;6-5-1-3-7-4-2-5;7-5-1-3-6-4-2-5;1-2-8-5(7)3-4-6;1-2-3;;;;;;;;;;1-5(2,3)4;;;;;/h2-3,6,10,12H,4-5,8-9H2,1H3,(H,16,17);6,8,10H,2-5H2,1H3,(H,11,12);1-3H;1-3H,(H,6,7);2-3H2,1H3;2H,1,3H2;9*1H4;;;;;;1H/q-1;;3*-1;;;;;;;;;;;;;;;;/i;;;;;;;;;;;;;;;;;;;;1+1. The van der Waals surface area contributed by atoms with Crippen LogP contribution in [0, 0.1) is 32.4 Å². The third-order valence-corrected chi connectivity index (χ3v) is 7.97. The van der Waals surface area contributed by atoms with Crippen LogP contribution in [0.3, 0.4) is 0 Å². The number of imidazole rings is 2. The summed E-state index contributed by atoms with van der Waals surface area (Å²) in [7, 11) is 0. The number of aryl methyl sites for hydroxylation is 2. The second kappa shape index (κ2) is 64.5. The zero-order valence-electron chi connectivity index (χ0n) is 35.3. The molecule has 0 aliphatic carbocycles. The maximum absolute atomic E-state index is 10.2. The average Bonchev–Trinajstić information content (AvgIpc) is 3.88. The Morgan fingerprint density at radius 1 is 0.808 bits per heavy atom. The van der Waals surface area contributed by atoms with Gasteiger partial charge in [-0.1, -0.05) is 128 Å². The average molecular weight is 1810 g/mol. The molecule has 7 rings (SSSR count). The first-order valence-electron chi connectivity index (χ1n) is 18.5. The second-order valence-electron chi connectivity index (χ2n) is 12.3. The van der Waals surface area contributed by atoms with Crippen LogP contribution in [-0.4, -0.2) is 85.0 Å². The number of hydrogen-bond donors (Lipinski definition) is 5. The largest absolute Gasteiger partial charge is 0.566 e. The molecular weight excluding hydrogens is 1720 g/mol. The predicted molar refractivity (Wildman–Crippen MR) is 301 cm³/mol. The first-order chi connectivity index (χ1) is 28.7. The van der Waals surface area contributed by atoms with Crippen LogP contribution in [0.1, 0.15) is 142 Å². The summed E-state index contributed by atoms with van der Waals surface area (Å²) in [4.78, 5) is 48.6. The van der Waals surface area contributed by atoms with Crippen molar-refractivity contribution in [2.45, 2.75) is 132 Å². The topological polar surface area (TPSA) is 218 Å². The van der Waals surface area contributed by atoms with Crippen LogP contribution in [0.4, 0.5) is 5.69 Å². The van der Waals surface area contributed by atoms with Crippen molar-refractivity contribution in [2.75, 3.05) is 37.7 Å². The number of nitrogens with zero attached hydrogens (tertiary/aromatic N) is 6. The van der Waals surface area contributed by atoms with Gasteiger partial charge in [-0.3, -0.25) is 15.6 Å². The van der Waals surface area contributed by atoms with Crippen molar-refractivity contribution in [3.63, 3.8) is 0 Å². The number of aromatic amines is 2. The molecule has 7 heterocycles. The van der Waals surface area contributed by atoms with E-state index in [0.29, 0.717) is 23.5 Å². The molecule has 0 saturated carbocycles. The minimum absolute atomic E-state index is 0. The van der Waals surface area contributed by atoms with Crippen molar-refractivity contribution in [3.05, 3.63) is 127 Å². The number of nitrogens with two attached hydrogens (primary N) is 1. The van der Waals surface area contributed by atoms with E-state index in [1.54, 1.807) is 31.5 Å². The molecule has 0 bridgehead atoms. The van der Waals surface area contributed by atoms with E-state index in [0.717, 1.165) is 50.5 Å². The summed E-state index contributed by atoms with van der Waals surface area (Å²) in [5.41, 5.74) is 8.15. The Morgan fingerprint density at radius 3 is 1.48 bits per heavy atom. The van der Waals surface area contributed by atoms with Gasteiger partial charge >= 0.3 is 5.20 Å². The van der Waals surface area contributed by atoms with E-state index in [2.05, 4.69) is 128 Å². The molecule has 0 amide bonds. The molecule has 426 valence electrons. The summed E-state index contributed by atoms with van der Waals surface area (Å²) < 4.78 is 13.9. The smallest absolute Gasteiger partial charge is 0.339 e. The number of esters is 1. The number of ether oxygens (including phenoxy) is 1. The number of halogens is 4. The minimum atomic E-state index is -3.22. The van der Waals surface area contributed by atoms with Crippen LogP contribution in [0.15, 0.2) is 80.2 Å². The van der Waals surface area contributed by atoms with E-state index in [-0.39, 0.29) is 165 Å². The third-order valence-electron chi connectivity index (χ3n) is 7.74. The summed E-state index contributed by atoms with van der Waals surface area (Å²) in [6.45, 7) is 13.7. The van der Waals surface area contributed by atoms with Gasteiger partial charge in [0, 0.05) is 140 Å². The van der Waals surface area contributed by atoms with Crippen LogP contribution >= 0.6 is 50.5 Å². The molecule has 0 radical (unpaired) electrons. The van der Waals surface area contributed by atoms with Gasteiger partial charge in [0.1, 0.15) is 11.6 Å². The number of rotatable bonds is 6. The van der Waals surface area contributed by atoms with E-state index in [1.165, 1.54) is 60.9 Å². The van der Waals surface area contributed by atoms with Crippen LogP contribution in [0.2, 0.25) is 5.02 Å². The van der Waals surface area contributed by atoms with Gasteiger partial charge in [0.05, 0.1) is 6.61 Å². The molecular formula is C49H89Cl4N10O5PW4-4. The number of piperidine rings is 2. The quantitative estimate of drug-likeness (QED) is 0.0463. The summed E-state index contributed by atoms with van der Waals surface area (Å²) >= 11 is 19.3. The summed E-state index contributed by atoms with van der Waals surface area (Å²) in [6.07, 6.45) is 23.8. The summed E-state index contributed by atoms with van der Waals surface area (Å²) in [5.74, 6) is 3.24. The Morgan fingerprint density at radius 2 is 1.21 bits per heavy atom. The molecule has 5 aromatic rings. The molecule has 5 aromatic heterocycles. The van der Waals surface area contributed by atoms with E-state index in [4.69, 9.17) is 16.7 Å². The van der Waals surface area contributed by atoms with Gasteiger partial charge in [-0.05, 0) is 99.5 Å². The number of pyridine rings is 3. The van der Waals surface area contributed by atoms with Gasteiger partial charge in [-0.25, -0.2) is 9.97 Å². The van der Waals surface area contributed by atoms with E-state index in [1.807, 2.05) is 24.5 Å². The van der Waals surface area contributed by atoms with Gasteiger partial charge < -0.3 is 55.5 Å². The fraction of sp³-hybridized carbons (Fsp3) is 0.490. The normalized spacial score (nSPS) is 11.0. The monoisotopic (exact) mass is 1810 g/mol. The number of hydrogen-bond acceptors (Lipinski definition) is 13.